The molecule has 1 N–H and O–H groups in total. The average Bonchev–Trinajstić information content (AvgIpc) is 3.07. The summed E-state index contributed by atoms with van der Waals surface area (Å²) in [6, 6.07) is 14.6. The number of ketones is 1. The number of hydrogen-bond donors (Lipinski definition) is 1. The average molecular weight is 413 g/mol. The van der Waals surface area contributed by atoms with Gasteiger partial charge in [-0.15, -0.1) is 23.1 Å². The van der Waals surface area contributed by atoms with E-state index < -0.39 is 0 Å². The maximum absolute atomic E-state index is 12.4. The third-order valence-corrected chi connectivity index (χ3v) is 7.61. The number of carbonyl (C=O) groups excluding carboxylic acids is 1. The van der Waals surface area contributed by atoms with E-state index in [1.165, 1.54) is 4.90 Å². The Labute approximate surface area is 172 Å². The first kappa shape index (κ1) is 19.8. The maximum atomic E-state index is 12.4. The van der Waals surface area contributed by atoms with E-state index in [1.54, 1.807) is 41.8 Å². The number of hydrogen-bond acceptors (Lipinski definition) is 6. The van der Waals surface area contributed by atoms with Gasteiger partial charge >= 0.3 is 0 Å². The van der Waals surface area contributed by atoms with Crippen LogP contribution in [0.2, 0.25) is 0 Å². The van der Waals surface area contributed by atoms with E-state index in [0.29, 0.717) is 11.1 Å². The number of nitrogens with one attached hydrogen (secondary N) is 1. The topological polar surface area (TPSA) is 52.9 Å². The van der Waals surface area contributed by atoms with E-state index in [-0.39, 0.29) is 11.7 Å². The molecule has 0 saturated heterocycles. The molecular weight excluding hydrogens is 392 g/mol. The number of nitriles is 1. The summed E-state index contributed by atoms with van der Waals surface area (Å²) in [5.74, 6) is -0.272. The van der Waals surface area contributed by atoms with Crippen LogP contribution in [0.1, 0.15) is 30.2 Å². The second kappa shape index (κ2) is 8.83. The van der Waals surface area contributed by atoms with Crippen molar-refractivity contribution in [2.75, 3.05) is 5.08 Å². The predicted molar refractivity (Wildman–Crippen MR) is 116 cm³/mol. The third kappa shape index (κ3) is 4.32. The first-order valence-electron chi connectivity index (χ1n) is 8.50. The molecule has 1 aromatic carbocycles. The van der Waals surface area contributed by atoms with E-state index in [2.05, 4.69) is 23.5 Å². The van der Waals surface area contributed by atoms with Gasteiger partial charge in [-0.25, -0.2) is 0 Å². The number of rotatable bonds is 6. The van der Waals surface area contributed by atoms with Crippen molar-refractivity contribution >= 4 is 40.6 Å². The Kier molecular flexibility index (Phi) is 6.48. The highest BCUT2D eigenvalue weighted by Gasteiger charge is 2.34. The summed E-state index contributed by atoms with van der Waals surface area (Å²) in [5.41, 5.74) is 3.29. The van der Waals surface area contributed by atoms with Crippen LogP contribution in [0.5, 0.6) is 0 Å². The molecule has 138 valence electrons. The molecule has 0 aliphatic carbocycles. The summed E-state index contributed by atoms with van der Waals surface area (Å²) >= 11 is 4.96. The maximum Gasteiger partial charge on any atom is 0.158 e. The summed E-state index contributed by atoms with van der Waals surface area (Å²) in [7, 11) is 0. The lowest BCUT2D eigenvalue weighted by Gasteiger charge is -2.29. The molecule has 27 heavy (non-hydrogen) atoms. The Morgan fingerprint density at radius 3 is 2.56 bits per heavy atom. The van der Waals surface area contributed by atoms with Crippen LogP contribution in [-0.2, 0) is 4.79 Å². The largest absolute Gasteiger partial charge is 0.353 e. The molecule has 1 aliphatic heterocycles. The zero-order chi connectivity index (χ0) is 19.4. The van der Waals surface area contributed by atoms with E-state index in [1.807, 2.05) is 43.5 Å². The van der Waals surface area contributed by atoms with Crippen LogP contribution in [-0.4, -0.2) is 10.9 Å². The molecule has 0 bridgehead atoms. The Morgan fingerprint density at radius 1 is 1.22 bits per heavy atom. The lowest BCUT2D eigenvalue weighted by atomic mass is 9.84. The van der Waals surface area contributed by atoms with Crippen LogP contribution in [0, 0.1) is 18.3 Å². The molecule has 0 spiro atoms. The summed E-state index contributed by atoms with van der Waals surface area (Å²) in [6.07, 6.45) is 0. The molecule has 0 saturated carbocycles. The van der Waals surface area contributed by atoms with E-state index in [9.17, 15) is 10.1 Å². The van der Waals surface area contributed by atoms with E-state index >= 15 is 0 Å². The van der Waals surface area contributed by atoms with Crippen molar-refractivity contribution in [3.05, 3.63) is 74.1 Å². The van der Waals surface area contributed by atoms with Crippen LogP contribution in [0.25, 0.3) is 0 Å². The van der Waals surface area contributed by atoms with Gasteiger partial charge in [0.05, 0.1) is 27.7 Å². The molecule has 0 fully saturated rings. The number of thioether (sulfide) groups is 2. The molecule has 1 aromatic heterocycles. The summed E-state index contributed by atoms with van der Waals surface area (Å²) < 4.78 is 0. The van der Waals surface area contributed by atoms with Gasteiger partial charge in [0.15, 0.2) is 5.78 Å². The number of benzene rings is 1. The zero-order valence-corrected chi connectivity index (χ0v) is 17.9. The van der Waals surface area contributed by atoms with Crippen LogP contribution in [0.3, 0.4) is 0 Å². The molecule has 1 atom stereocenters. The monoisotopic (exact) mass is 412 g/mol. The summed E-state index contributed by atoms with van der Waals surface area (Å²) in [6.45, 7) is 5.54. The van der Waals surface area contributed by atoms with Crippen LogP contribution >= 0.6 is 34.9 Å². The van der Waals surface area contributed by atoms with Gasteiger partial charge in [-0.2, -0.15) is 5.26 Å². The van der Waals surface area contributed by atoms with Crippen molar-refractivity contribution in [2.24, 2.45) is 0 Å². The standard InChI is InChI=1S/C21H20N2OS3/c1-13-9-10-25-20(13)19-17(11-22)21(23-14(2)18(19)15(3)24)27-12-26-16-7-5-4-6-8-16/h4-10,19,23H,12H2,1-3H3. The van der Waals surface area contributed by atoms with Gasteiger partial charge in [0.25, 0.3) is 0 Å². The zero-order valence-electron chi connectivity index (χ0n) is 15.4. The molecule has 1 aliphatic rings. The molecule has 2 aromatic rings. The lowest BCUT2D eigenvalue weighted by Crippen LogP contribution is -2.26. The third-order valence-electron chi connectivity index (χ3n) is 4.36. The van der Waals surface area contributed by atoms with Crippen molar-refractivity contribution in [3.63, 3.8) is 0 Å². The number of nitrogens with zero attached hydrogens (tertiary/aromatic N) is 1. The normalized spacial score (nSPS) is 16.9. The van der Waals surface area contributed by atoms with Gasteiger partial charge in [-0.05, 0) is 49.9 Å². The lowest BCUT2D eigenvalue weighted by molar-refractivity contribution is -0.113. The van der Waals surface area contributed by atoms with Crippen molar-refractivity contribution in [1.82, 2.24) is 5.32 Å². The highest BCUT2D eigenvalue weighted by molar-refractivity contribution is 8.17. The number of dihydropyridines is 1. The summed E-state index contributed by atoms with van der Waals surface area (Å²) in [4.78, 5) is 14.6. The minimum absolute atomic E-state index is 0.00765. The van der Waals surface area contributed by atoms with Crippen molar-refractivity contribution in [3.8, 4) is 6.07 Å². The van der Waals surface area contributed by atoms with Crippen molar-refractivity contribution < 1.29 is 4.79 Å². The Balaban J connectivity index is 1.91. The second-order valence-electron chi connectivity index (χ2n) is 6.19. The predicted octanol–water partition coefficient (Wildman–Crippen LogP) is 5.82. The van der Waals surface area contributed by atoms with Crippen LogP contribution in [0.4, 0.5) is 0 Å². The molecule has 1 unspecified atom stereocenters. The molecule has 0 amide bonds. The molecule has 6 heteroatoms. The Hall–Kier alpha value is -1.94. The van der Waals surface area contributed by atoms with Crippen LogP contribution in [0.15, 0.2) is 68.5 Å². The van der Waals surface area contributed by atoms with E-state index in [4.69, 9.17) is 0 Å². The minimum Gasteiger partial charge on any atom is -0.353 e. The fraction of sp³-hybridized carbons (Fsp3) is 0.238. The van der Waals surface area contributed by atoms with Gasteiger partial charge in [-0.1, -0.05) is 30.0 Å². The van der Waals surface area contributed by atoms with Gasteiger partial charge in [0.1, 0.15) is 0 Å². The Morgan fingerprint density at radius 2 is 1.96 bits per heavy atom. The van der Waals surface area contributed by atoms with Crippen LogP contribution < -0.4 is 5.32 Å². The smallest absolute Gasteiger partial charge is 0.158 e. The van der Waals surface area contributed by atoms with Gasteiger partial charge < -0.3 is 5.32 Å². The second-order valence-corrected chi connectivity index (χ2v) is 9.54. The number of Topliss-reactive ketones (excluding diaryl/α,β-unsaturated/α-hetero) is 1. The van der Waals surface area contributed by atoms with Crippen molar-refractivity contribution in [2.45, 2.75) is 31.6 Å². The fourth-order valence-corrected chi connectivity index (χ4v) is 6.30. The molecular formula is C21H20N2OS3. The SMILES string of the molecule is CC(=O)C1=C(C)NC(SCSc2ccccc2)=C(C#N)C1c1sccc1C. The number of carbonyl (C=O) groups is 1. The molecule has 0 radical (unpaired) electrons. The highest BCUT2D eigenvalue weighted by Crippen LogP contribution is 2.44. The number of thiophene rings is 1. The fourth-order valence-electron chi connectivity index (χ4n) is 3.11. The number of allylic oxidation sites excluding steroid dienone is 3. The van der Waals surface area contributed by atoms with Gasteiger partial charge in [0, 0.05) is 21.0 Å². The van der Waals surface area contributed by atoms with Gasteiger partial charge in [0.2, 0.25) is 0 Å². The number of aryl methyl sites for hydroxylation is 1. The first-order valence-corrected chi connectivity index (χ1v) is 11.4. The minimum atomic E-state index is -0.280. The first-order chi connectivity index (χ1) is 13.0. The van der Waals surface area contributed by atoms with Gasteiger partial charge in [-0.3, -0.25) is 4.79 Å². The highest BCUT2D eigenvalue weighted by atomic mass is 32.2. The van der Waals surface area contributed by atoms with Crippen molar-refractivity contribution in [1.29, 1.82) is 5.26 Å². The molecule has 3 rings (SSSR count). The molecule has 2 heterocycles. The summed E-state index contributed by atoms with van der Waals surface area (Å²) in [5, 5.41) is 16.9. The Bertz CT molecular complexity index is 951. The molecule has 3 nitrogen and oxygen atoms in total. The van der Waals surface area contributed by atoms with E-state index in [0.717, 1.165) is 26.3 Å². The quantitative estimate of drug-likeness (QED) is 0.478.